The first-order chi connectivity index (χ1) is 11.3. The van der Waals surface area contributed by atoms with Gasteiger partial charge in [0.05, 0.1) is 11.6 Å². The zero-order chi connectivity index (χ0) is 16.1. The fraction of sp³-hybridized carbons (Fsp3) is 0.526. The molecule has 3 rings (SSSR count). The Morgan fingerprint density at radius 3 is 2.57 bits per heavy atom. The Morgan fingerprint density at radius 2 is 1.91 bits per heavy atom. The second kappa shape index (κ2) is 7.41. The smallest absolute Gasteiger partial charge is 0.257 e. The quantitative estimate of drug-likeness (QED) is 0.773. The predicted molar refractivity (Wildman–Crippen MR) is 88.7 cm³/mol. The largest absolute Gasteiger partial charge is 0.334 e. The summed E-state index contributed by atoms with van der Waals surface area (Å²) >= 11 is 0. The molecule has 0 unspecified atom stereocenters. The molecule has 1 fully saturated rings. The summed E-state index contributed by atoms with van der Waals surface area (Å²) in [4.78, 5) is 4.59. The van der Waals surface area contributed by atoms with Crippen molar-refractivity contribution in [3.05, 3.63) is 35.7 Å². The van der Waals surface area contributed by atoms with Gasteiger partial charge in [0.25, 0.3) is 5.89 Å². The summed E-state index contributed by atoms with van der Waals surface area (Å²) in [6.07, 6.45) is 8.91. The van der Waals surface area contributed by atoms with E-state index in [9.17, 15) is 0 Å². The number of hydrogen-bond acceptors (Lipinski definition) is 4. The van der Waals surface area contributed by atoms with Crippen LogP contribution in [0, 0.1) is 17.2 Å². The van der Waals surface area contributed by atoms with E-state index in [0.29, 0.717) is 17.4 Å². The number of nitriles is 1. The Kier molecular flexibility index (Phi) is 5.07. The molecule has 0 N–H and O–H groups in total. The van der Waals surface area contributed by atoms with Gasteiger partial charge in [0.15, 0.2) is 5.82 Å². The van der Waals surface area contributed by atoms with Crippen LogP contribution in [0.3, 0.4) is 0 Å². The van der Waals surface area contributed by atoms with Crippen LogP contribution in [-0.2, 0) is 0 Å². The summed E-state index contributed by atoms with van der Waals surface area (Å²) in [5.74, 6) is 2.72. The molecule has 1 saturated carbocycles. The van der Waals surface area contributed by atoms with Crippen molar-refractivity contribution in [1.29, 1.82) is 5.26 Å². The summed E-state index contributed by atoms with van der Waals surface area (Å²) in [5, 5.41) is 13.0. The van der Waals surface area contributed by atoms with Gasteiger partial charge in [0, 0.05) is 11.5 Å². The average molecular weight is 309 g/mol. The van der Waals surface area contributed by atoms with Crippen molar-refractivity contribution in [2.75, 3.05) is 0 Å². The molecule has 120 valence electrons. The minimum absolute atomic E-state index is 0.434. The molecule has 4 nitrogen and oxygen atoms in total. The first kappa shape index (κ1) is 15.7. The van der Waals surface area contributed by atoms with Gasteiger partial charge >= 0.3 is 0 Å². The second-order valence-corrected chi connectivity index (χ2v) is 6.51. The minimum Gasteiger partial charge on any atom is -0.334 e. The molecule has 1 aromatic carbocycles. The van der Waals surface area contributed by atoms with Gasteiger partial charge in [-0.2, -0.15) is 10.2 Å². The third-order valence-corrected chi connectivity index (χ3v) is 4.88. The highest BCUT2D eigenvalue weighted by molar-refractivity contribution is 5.54. The van der Waals surface area contributed by atoms with Gasteiger partial charge in [0.1, 0.15) is 0 Å². The highest BCUT2D eigenvalue weighted by Crippen LogP contribution is 2.37. The van der Waals surface area contributed by atoms with Gasteiger partial charge in [-0.25, -0.2) is 0 Å². The summed E-state index contributed by atoms with van der Waals surface area (Å²) in [6.45, 7) is 2.26. The van der Waals surface area contributed by atoms with E-state index in [-0.39, 0.29) is 0 Å². The lowest BCUT2D eigenvalue weighted by Gasteiger charge is -2.26. The topological polar surface area (TPSA) is 62.7 Å². The van der Waals surface area contributed by atoms with Crippen LogP contribution in [0.25, 0.3) is 11.5 Å². The highest BCUT2D eigenvalue weighted by atomic mass is 16.5. The van der Waals surface area contributed by atoms with Crippen LogP contribution in [-0.4, -0.2) is 10.1 Å². The van der Waals surface area contributed by atoms with E-state index in [1.807, 2.05) is 12.1 Å². The third kappa shape index (κ3) is 3.79. The van der Waals surface area contributed by atoms with E-state index in [4.69, 9.17) is 9.78 Å². The van der Waals surface area contributed by atoms with Crippen LogP contribution in [0.5, 0.6) is 0 Å². The maximum Gasteiger partial charge on any atom is 0.257 e. The first-order valence-corrected chi connectivity index (χ1v) is 8.64. The van der Waals surface area contributed by atoms with Gasteiger partial charge in [-0.1, -0.05) is 31.3 Å². The molecule has 1 aliphatic rings. The van der Waals surface area contributed by atoms with Gasteiger partial charge in [-0.15, -0.1) is 0 Å². The summed E-state index contributed by atoms with van der Waals surface area (Å²) in [5.41, 5.74) is 1.51. The van der Waals surface area contributed by atoms with E-state index in [1.165, 1.54) is 44.9 Å². The third-order valence-electron chi connectivity index (χ3n) is 4.88. The van der Waals surface area contributed by atoms with Crippen LogP contribution in [0.2, 0.25) is 0 Å². The fourth-order valence-corrected chi connectivity index (χ4v) is 3.41. The van der Waals surface area contributed by atoms with Gasteiger partial charge in [-0.3, -0.25) is 0 Å². The maximum atomic E-state index is 8.85. The Morgan fingerprint density at radius 1 is 1.17 bits per heavy atom. The standard InChI is InChI=1S/C19H23N3O/c1-2-3-4-14-5-9-16(10-6-14)18-21-19(23-22-18)17-11-7-15(13-20)8-12-17/h7-8,11-12,14,16H,2-6,9-10H2,1H3. The molecule has 23 heavy (non-hydrogen) atoms. The molecule has 0 radical (unpaired) electrons. The molecule has 0 spiro atoms. The van der Waals surface area contributed by atoms with Crippen molar-refractivity contribution < 1.29 is 4.52 Å². The maximum absolute atomic E-state index is 8.85. The van der Waals surface area contributed by atoms with Crippen molar-refractivity contribution in [2.24, 2.45) is 5.92 Å². The molecule has 4 heteroatoms. The van der Waals surface area contributed by atoms with Crippen molar-refractivity contribution in [3.8, 4) is 17.5 Å². The Labute approximate surface area is 137 Å². The lowest BCUT2D eigenvalue weighted by Crippen LogP contribution is -2.14. The second-order valence-electron chi connectivity index (χ2n) is 6.51. The van der Waals surface area contributed by atoms with Crippen LogP contribution in [0.1, 0.15) is 69.2 Å². The molecule has 0 saturated heterocycles. The molecular weight excluding hydrogens is 286 g/mol. The lowest BCUT2D eigenvalue weighted by molar-refractivity contribution is 0.293. The monoisotopic (exact) mass is 309 g/mol. The highest BCUT2D eigenvalue weighted by Gasteiger charge is 2.25. The number of hydrogen-bond donors (Lipinski definition) is 0. The summed E-state index contributed by atoms with van der Waals surface area (Å²) in [6, 6.07) is 9.38. The number of rotatable bonds is 5. The normalized spacial score (nSPS) is 21.0. The van der Waals surface area contributed by atoms with Crippen LogP contribution < -0.4 is 0 Å². The molecule has 0 amide bonds. The molecule has 1 aromatic heterocycles. The zero-order valence-corrected chi connectivity index (χ0v) is 13.7. The lowest BCUT2D eigenvalue weighted by atomic mass is 9.79. The van der Waals surface area contributed by atoms with Gasteiger partial charge < -0.3 is 4.52 Å². The predicted octanol–water partition coefficient (Wildman–Crippen LogP) is 5.07. The number of aromatic nitrogens is 2. The molecule has 0 aliphatic heterocycles. The molecule has 1 aliphatic carbocycles. The number of nitrogens with zero attached hydrogens (tertiary/aromatic N) is 3. The van der Waals surface area contributed by atoms with Crippen molar-refractivity contribution in [2.45, 2.75) is 57.8 Å². The Hall–Kier alpha value is -2.15. The van der Waals surface area contributed by atoms with E-state index in [2.05, 4.69) is 23.1 Å². The summed E-state index contributed by atoms with van der Waals surface area (Å²) < 4.78 is 5.43. The number of unbranched alkanes of at least 4 members (excludes halogenated alkanes) is 1. The van der Waals surface area contributed by atoms with Crippen LogP contribution in [0.4, 0.5) is 0 Å². The molecule has 0 bridgehead atoms. The SMILES string of the molecule is CCCCC1CCC(c2noc(-c3ccc(C#N)cc3)n2)CC1. The van der Waals surface area contributed by atoms with Crippen molar-refractivity contribution in [1.82, 2.24) is 10.1 Å². The Balaban J connectivity index is 1.62. The molecule has 1 heterocycles. The van der Waals surface area contributed by atoms with E-state index in [1.54, 1.807) is 12.1 Å². The van der Waals surface area contributed by atoms with Gasteiger partial charge in [-0.05, 0) is 55.9 Å². The molecule has 2 aromatic rings. The summed E-state index contributed by atoms with van der Waals surface area (Å²) in [7, 11) is 0. The van der Waals surface area contributed by atoms with E-state index >= 15 is 0 Å². The van der Waals surface area contributed by atoms with Crippen molar-refractivity contribution in [3.63, 3.8) is 0 Å². The molecule has 0 atom stereocenters. The Bertz CT molecular complexity index is 661. The van der Waals surface area contributed by atoms with E-state index < -0.39 is 0 Å². The zero-order valence-electron chi connectivity index (χ0n) is 13.7. The minimum atomic E-state index is 0.434. The van der Waals surface area contributed by atoms with Crippen molar-refractivity contribution >= 4 is 0 Å². The van der Waals surface area contributed by atoms with E-state index in [0.717, 1.165) is 17.3 Å². The first-order valence-electron chi connectivity index (χ1n) is 8.64. The van der Waals surface area contributed by atoms with Crippen LogP contribution >= 0.6 is 0 Å². The van der Waals surface area contributed by atoms with Gasteiger partial charge in [0.2, 0.25) is 0 Å². The number of benzene rings is 1. The van der Waals surface area contributed by atoms with Crippen LogP contribution in [0.15, 0.2) is 28.8 Å². The average Bonchev–Trinajstić information content (AvgIpc) is 3.10. The fourth-order valence-electron chi connectivity index (χ4n) is 3.41. The molecular formula is C19H23N3O.